The van der Waals surface area contributed by atoms with E-state index >= 15 is 0 Å². The number of nitrogens with zero attached hydrogens (tertiary/aromatic N) is 1. The molecule has 3 nitrogen and oxygen atoms in total. The summed E-state index contributed by atoms with van der Waals surface area (Å²) in [6.45, 7) is 1.93. The van der Waals surface area contributed by atoms with Gasteiger partial charge in [-0.3, -0.25) is 4.31 Å². The van der Waals surface area contributed by atoms with Gasteiger partial charge in [-0.25, -0.2) is 12.8 Å². The third-order valence-corrected chi connectivity index (χ3v) is 5.69. The van der Waals surface area contributed by atoms with Gasteiger partial charge in [0.15, 0.2) is 0 Å². The van der Waals surface area contributed by atoms with Gasteiger partial charge in [-0.15, -0.1) is 0 Å². The van der Waals surface area contributed by atoms with Crippen molar-refractivity contribution in [1.82, 2.24) is 0 Å². The normalized spacial score (nSPS) is 11.4. The fourth-order valence-corrected chi connectivity index (χ4v) is 3.93. The largest absolute Gasteiger partial charge is 0.269 e. The summed E-state index contributed by atoms with van der Waals surface area (Å²) in [5, 5.41) is 0. The van der Waals surface area contributed by atoms with E-state index in [2.05, 4.69) is 15.9 Å². The molecular weight excluding hydrogens is 345 g/mol. The molecule has 0 heterocycles. The quantitative estimate of drug-likeness (QED) is 0.839. The van der Waals surface area contributed by atoms with Crippen LogP contribution in [0.15, 0.2) is 51.8 Å². The molecule has 6 heteroatoms. The molecule has 0 fully saturated rings. The van der Waals surface area contributed by atoms with Crippen LogP contribution in [0.1, 0.15) is 5.56 Å². The average molecular weight is 358 g/mol. The zero-order valence-corrected chi connectivity index (χ0v) is 13.4. The molecule has 0 aliphatic rings. The molecule has 2 aromatic rings. The Labute approximate surface area is 126 Å². The maximum absolute atomic E-state index is 13.1. The lowest BCUT2D eigenvalue weighted by molar-refractivity contribution is 0.592. The zero-order chi connectivity index (χ0) is 14.9. The number of anilines is 1. The summed E-state index contributed by atoms with van der Waals surface area (Å²) in [4.78, 5) is 0.0296. The third-order valence-electron chi connectivity index (χ3n) is 2.93. The Morgan fingerprint density at radius 1 is 1.10 bits per heavy atom. The fourth-order valence-electron chi connectivity index (χ4n) is 1.73. The van der Waals surface area contributed by atoms with Crippen LogP contribution in [-0.4, -0.2) is 15.5 Å². The lowest BCUT2D eigenvalue weighted by Crippen LogP contribution is -2.26. The van der Waals surface area contributed by atoms with E-state index < -0.39 is 15.8 Å². The van der Waals surface area contributed by atoms with E-state index in [1.165, 1.54) is 17.4 Å². The first-order valence-corrected chi connectivity index (χ1v) is 8.06. The Morgan fingerprint density at radius 3 is 2.25 bits per heavy atom. The molecule has 2 rings (SSSR count). The molecule has 106 valence electrons. The van der Waals surface area contributed by atoms with Crippen molar-refractivity contribution in [3.63, 3.8) is 0 Å². The molecule has 0 aliphatic carbocycles. The Balaban J connectivity index is 2.46. The predicted octanol–water partition coefficient (Wildman–Crippen LogP) is 3.72. The molecule has 0 saturated heterocycles. The van der Waals surface area contributed by atoms with Crippen LogP contribution in [-0.2, 0) is 10.0 Å². The highest BCUT2D eigenvalue weighted by atomic mass is 79.9. The van der Waals surface area contributed by atoms with Crippen molar-refractivity contribution in [2.24, 2.45) is 0 Å². The van der Waals surface area contributed by atoms with Crippen LogP contribution < -0.4 is 4.31 Å². The highest BCUT2D eigenvalue weighted by Gasteiger charge is 2.24. The summed E-state index contributed by atoms with van der Waals surface area (Å²) >= 11 is 3.09. The monoisotopic (exact) mass is 357 g/mol. The van der Waals surface area contributed by atoms with Gasteiger partial charge in [-0.2, -0.15) is 0 Å². The molecular formula is C14H13BrFNO2S. The van der Waals surface area contributed by atoms with Crippen molar-refractivity contribution in [2.45, 2.75) is 11.8 Å². The van der Waals surface area contributed by atoms with Crippen molar-refractivity contribution in [3.05, 3.63) is 58.3 Å². The van der Waals surface area contributed by atoms with E-state index in [0.717, 1.165) is 17.7 Å². The maximum Gasteiger partial charge on any atom is 0.265 e. The number of benzene rings is 2. The Kier molecular flexibility index (Phi) is 4.15. The van der Waals surface area contributed by atoms with Gasteiger partial charge < -0.3 is 0 Å². The molecule has 0 aliphatic heterocycles. The van der Waals surface area contributed by atoms with Crippen LogP contribution in [0, 0.1) is 12.7 Å². The van der Waals surface area contributed by atoms with Crippen LogP contribution >= 0.6 is 15.9 Å². The summed E-state index contributed by atoms with van der Waals surface area (Å²) in [6, 6.07) is 10.6. The zero-order valence-electron chi connectivity index (χ0n) is 11.0. The number of sulfonamides is 1. The first kappa shape index (κ1) is 15.0. The summed E-state index contributed by atoms with van der Waals surface area (Å²) in [5.41, 5.74) is 1.59. The number of rotatable bonds is 3. The van der Waals surface area contributed by atoms with Gasteiger partial charge in [-0.1, -0.05) is 17.7 Å². The van der Waals surface area contributed by atoms with Crippen LogP contribution in [0.4, 0.5) is 10.1 Å². The Bertz CT molecular complexity index is 729. The molecule has 0 saturated carbocycles. The second kappa shape index (κ2) is 5.54. The van der Waals surface area contributed by atoms with Gasteiger partial charge in [0.25, 0.3) is 10.0 Å². The second-order valence-corrected chi connectivity index (χ2v) is 7.17. The topological polar surface area (TPSA) is 37.4 Å². The minimum atomic E-state index is -3.73. The molecule has 20 heavy (non-hydrogen) atoms. The van der Waals surface area contributed by atoms with Crippen molar-refractivity contribution in [2.75, 3.05) is 11.4 Å². The minimum Gasteiger partial charge on any atom is -0.269 e. The van der Waals surface area contributed by atoms with E-state index in [1.807, 2.05) is 19.1 Å². The third kappa shape index (κ3) is 2.86. The van der Waals surface area contributed by atoms with Crippen LogP contribution in [0.3, 0.4) is 0 Å². The van der Waals surface area contributed by atoms with Crippen molar-refractivity contribution < 1.29 is 12.8 Å². The van der Waals surface area contributed by atoms with Gasteiger partial charge in [0, 0.05) is 11.5 Å². The number of hydrogen-bond donors (Lipinski definition) is 0. The lowest BCUT2D eigenvalue weighted by atomic mass is 10.2. The van der Waals surface area contributed by atoms with Gasteiger partial charge in [0.1, 0.15) is 10.7 Å². The smallest absolute Gasteiger partial charge is 0.265 e. The summed E-state index contributed by atoms with van der Waals surface area (Å²) < 4.78 is 39.5. The predicted molar refractivity (Wildman–Crippen MR) is 80.9 cm³/mol. The van der Waals surface area contributed by atoms with Crippen LogP contribution in [0.25, 0.3) is 0 Å². The van der Waals surface area contributed by atoms with Crippen LogP contribution in [0.5, 0.6) is 0 Å². The van der Waals surface area contributed by atoms with E-state index in [0.29, 0.717) is 5.69 Å². The van der Waals surface area contributed by atoms with Gasteiger partial charge in [0.2, 0.25) is 0 Å². The maximum atomic E-state index is 13.1. The summed E-state index contributed by atoms with van der Waals surface area (Å²) in [7, 11) is -2.26. The SMILES string of the molecule is Cc1ccc(N(C)S(=O)(=O)c2ccc(F)cc2Br)cc1. The molecule has 0 amide bonds. The van der Waals surface area contributed by atoms with Crippen molar-refractivity contribution >= 4 is 31.6 Å². The van der Waals surface area contributed by atoms with Crippen molar-refractivity contribution in [3.8, 4) is 0 Å². The Morgan fingerprint density at radius 2 is 1.70 bits per heavy atom. The number of aryl methyl sites for hydroxylation is 1. The molecule has 0 bridgehead atoms. The van der Waals surface area contributed by atoms with Gasteiger partial charge in [-0.05, 0) is 53.2 Å². The first-order chi connectivity index (χ1) is 9.32. The molecule has 0 spiro atoms. The van der Waals surface area contributed by atoms with Crippen LogP contribution in [0.2, 0.25) is 0 Å². The Hall–Kier alpha value is -1.40. The van der Waals surface area contributed by atoms with E-state index in [4.69, 9.17) is 0 Å². The highest BCUT2D eigenvalue weighted by Crippen LogP contribution is 2.28. The summed E-state index contributed by atoms with van der Waals surface area (Å²) in [5.74, 6) is -0.492. The molecule has 0 N–H and O–H groups in total. The first-order valence-electron chi connectivity index (χ1n) is 5.83. The molecule has 2 aromatic carbocycles. The standard InChI is InChI=1S/C14H13BrFNO2S/c1-10-3-6-12(7-4-10)17(2)20(18,19)14-8-5-11(16)9-13(14)15/h3-9H,1-2H3. The molecule has 0 atom stereocenters. The van der Waals surface area contributed by atoms with Gasteiger partial charge in [0.05, 0.1) is 5.69 Å². The van der Waals surface area contributed by atoms with E-state index in [9.17, 15) is 12.8 Å². The number of hydrogen-bond acceptors (Lipinski definition) is 2. The average Bonchev–Trinajstić information content (AvgIpc) is 2.38. The van der Waals surface area contributed by atoms with Gasteiger partial charge >= 0.3 is 0 Å². The molecule has 0 unspecified atom stereocenters. The van der Waals surface area contributed by atoms with E-state index in [-0.39, 0.29) is 9.37 Å². The highest BCUT2D eigenvalue weighted by molar-refractivity contribution is 9.10. The van der Waals surface area contributed by atoms with Crippen molar-refractivity contribution in [1.29, 1.82) is 0 Å². The minimum absolute atomic E-state index is 0.0296. The molecule has 0 aromatic heterocycles. The van der Waals surface area contributed by atoms with E-state index in [1.54, 1.807) is 12.1 Å². The second-order valence-electron chi connectivity index (χ2n) is 4.38. The lowest BCUT2D eigenvalue weighted by Gasteiger charge is -2.20. The fraction of sp³-hybridized carbons (Fsp3) is 0.143. The summed E-state index contributed by atoms with van der Waals surface area (Å²) in [6.07, 6.45) is 0. The number of halogens is 2. The molecule has 0 radical (unpaired) electrons.